The third kappa shape index (κ3) is 3.12. The number of fused-ring (bicyclic) bond motifs is 1. The molecule has 20 heavy (non-hydrogen) atoms. The second kappa shape index (κ2) is 6.26. The molecule has 1 aromatic heterocycles. The van der Waals surface area contributed by atoms with Crippen LogP contribution in [-0.2, 0) is 11.3 Å². The van der Waals surface area contributed by atoms with Crippen LogP contribution in [0.5, 0.6) is 0 Å². The van der Waals surface area contributed by atoms with Gasteiger partial charge in [-0.3, -0.25) is 4.79 Å². The van der Waals surface area contributed by atoms with Gasteiger partial charge in [0.15, 0.2) is 0 Å². The Bertz CT molecular complexity index is 442. The van der Waals surface area contributed by atoms with Crippen molar-refractivity contribution in [2.75, 3.05) is 25.0 Å². The van der Waals surface area contributed by atoms with Gasteiger partial charge >= 0.3 is 0 Å². The van der Waals surface area contributed by atoms with Crippen LogP contribution in [0.15, 0.2) is 6.20 Å². The number of hydrogen-bond donors (Lipinski definition) is 2. The molecule has 6 heteroatoms. The molecule has 3 rings (SSSR count). The van der Waals surface area contributed by atoms with E-state index in [-0.39, 0.29) is 5.91 Å². The van der Waals surface area contributed by atoms with E-state index in [1.807, 2.05) is 10.8 Å². The van der Waals surface area contributed by atoms with Crippen molar-refractivity contribution in [2.45, 2.75) is 44.8 Å². The third-order valence-electron chi connectivity index (χ3n) is 3.89. The minimum absolute atomic E-state index is 0.0930. The predicted octanol–water partition coefficient (Wildman–Crippen LogP) is 1.39. The summed E-state index contributed by atoms with van der Waals surface area (Å²) in [6.45, 7) is 3.37. The third-order valence-corrected chi connectivity index (χ3v) is 3.89. The molecule has 0 aliphatic carbocycles. The van der Waals surface area contributed by atoms with Crippen molar-refractivity contribution in [1.29, 1.82) is 0 Å². The molecule has 0 aromatic carbocycles. The average molecular weight is 278 g/mol. The minimum atomic E-state index is -0.0930. The quantitative estimate of drug-likeness (QED) is 0.873. The average Bonchev–Trinajstić information content (AvgIpc) is 2.92. The summed E-state index contributed by atoms with van der Waals surface area (Å²) in [5.74, 6) is 0.710. The number of carbonyl (C=O) groups is 1. The van der Waals surface area contributed by atoms with Gasteiger partial charge in [-0.05, 0) is 32.1 Å². The van der Waals surface area contributed by atoms with Crippen molar-refractivity contribution in [3.8, 4) is 0 Å². The molecule has 1 atom stereocenters. The second-order valence-electron chi connectivity index (χ2n) is 5.46. The number of anilines is 1. The van der Waals surface area contributed by atoms with Crippen molar-refractivity contribution < 1.29 is 9.53 Å². The van der Waals surface area contributed by atoms with E-state index in [4.69, 9.17) is 4.74 Å². The Hall–Kier alpha value is -1.56. The van der Waals surface area contributed by atoms with Gasteiger partial charge in [-0.2, -0.15) is 0 Å². The number of carbonyl (C=O) groups excluding carboxylic acids is 1. The number of amides is 1. The molecule has 1 unspecified atom stereocenters. The van der Waals surface area contributed by atoms with Gasteiger partial charge in [-0.25, -0.2) is 4.98 Å². The summed E-state index contributed by atoms with van der Waals surface area (Å²) in [5.41, 5.74) is 0.499. The molecule has 110 valence electrons. The summed E-state index contributed by atoms with van der Waals surface area (Å²) in [6.07, 6.45) is 7.60. The van der Waals surface area contributed by atoms with Crippen LogP contribution in [0.25, 0.3) is 0 Å². The first-order chi connectivity index (χ1) is 9.83. The summed E-state index contributed by atoms with van der Waals surface area (Å²) >= 11 is 0. The number of aryl methyl sites for hydroxylation is 1. The van der Waals surface area contributed by atoms with Gasteiger partial charge in [0.1, 0.15) is 5.69 Å². The number of nitrogens with zero attached hydrogens (tertiary/aromatic N) is 2. The van der Waals surface area contributed by atoms with E-state index in [0.29, 0.717) is 18.3 Å². The van der Waals surface area contributed by atoms with E-state index in [2.05, 4.69) is 15.6 Å². The zero-order valence-electron chi connectivity index (χ0n) is 11.7. The van der Waals surface area contributed by atoms with Crippen LogP contribution in [0.4, 0.5) is 5.95 Å². The van der Waals surface area contributed by atoms with Crippen LogP contribution in [0, 0.1) is 0 Å². The molecule has 0 saturated carbocycles. The van der Waals surface area contributed by atoms with Crippen LogP contribution < -0.4 is 10.6 Å². The van der Waals surface area contributed by atoms with Gasteiger partial charge in [0.05, 0.1) is 6.10 Å². The highest BCUT2D eigenvalue weighted by atomic mass is 16.5. The Labute approximate surface area is 118 Å². The molecule has 2 aliphatic rings. The summed E-state index contributed by atoms with van der Waals surface area (Å²) < 4.78 is 7.65. The lowest BCUT2D eigenvalue weighted by atomic mass is 10.1. The van der Waals surface area contributed by atoms with Crippen LogP contribution in [0.3, 0.4) is 0 Å². The smallest absolute Gasteiger partial charge is 0.271 e. The lowest BCUT2D eigenvalue weighted by Gasteiger charge is -2.22. The molecule has 6 nitrogen and oxygen atoms in total. The maximum absolute atomic E-state index is 12.0. The van der Waals surface area contributed by atoms with Crippen LogP contribution in [-0.4, -0.2) is 41.3 Å². The second-order valence-corrected chi connectivity index (χ2v) is 5.46. The van der Waals surface area contributed by atoms with Crippen molar-refractivity contribution in [3.63, 3.8) is 0 Å². The van der Waals surface area contributed by atoms with Crippen molar-refractivity contribution in [2.24, 2.45) is 0 Å². The highest BCUT2D eigenvalue weighted by Crippen LogP contribution is 2.16. The molecule has 2 N–H and O–H groups in total. The molecule has 2 aliphatic heterocycles. The van der Waals surface area contributed by atoms with Gasteiger partial charge in [-0.15, -0.1) is 0 Å². The van der Waals surface area contributed by atoms with Crippen molar-refractivity contribution >= 4 is 11.9 Å². The number of ether oxygens (including phenoxy) is 1. The molecule has 1 saturated heterocycles. The van der Waals surface area contributed by atoms with Crippen LogP contribution >= 0.6 is 0 Å². The fourth-order valence-electron chi connectivity index (χ4n) is 2.76. The number of imidazole rings is 1. The highest BCUT2D eigenvalue weighted by Gasteiger charge is 2.17. The monoisotopic (exact) mass is 278 g/mol. The van der Waals surface area contributed by atoms with E-state index in [0.717, 1.165) is 51.3 Å². The van der Waals surface area contributed by atoms with Gasteiger partial charge in [0, 0.05) is 32.4 Å². The molecular formula is C14H22N4O2. The molecule has 3 heterocycles. The Balaban J connectivity index is 1.47. The SMILES string of the molecule is O=C(NCCC1CCCCO1)c1cn2c(n1)NCCC2. The molecule has 0 spiro atoms. The summed E-state index contributed by atoms with van der Waals surface area (Å²) in [7, 11) is 0. The number of aromatic nitrogens is 2. The molecule has 0 bridgehead atoms. The first-order valence-corrected chi connectivity index (χ1v) is 7.54. The number of hydrogen-bond acceptors (Lipinski definition) is 4. The van der Waals surface area contributed by atoms with Gasteiger partial charge in [-0.1, -0.05) is 0 Å². The minimum Gasteiger partial charge on any atom is -0.378 e. The van der Waals surface area contributed by atoms with Crippen molar-refractivity contribution in [1.82, 2.24) is 14.9 Å². The summed E-state index contributed by atoms with van der Waals surface area (Å²) in [5, 5.41) is 6.13. The fraction of sp³-hybridized carbons (Fsp3) is 0.714. The molecule has 1 amide bonds. The molecule has 1 fully saturated rings. The van der Waals surface area contributed by atoms with E-state index in [1.54, 1.807) is 0 Å². The summed E-state index contributed by atoms with van der Waals surface area (Å²) in [4.78, 5) is 16.4. The predicted molar refractivity (Wildman–Crippen MR) is 75.9 cm³/mol. The largest absolute Gasteiger partial charge is 0.378 e. The Morgan fingerprint density at radius 3 is 3.25 bits per heavy atom. The first-order valence-electron chi connectivity index (χ1n) is 7.54. The van der Waals surface area contributed by atoms with Crippen LogP contribution in [0.2, 0.25) is 0 Å². The normalized spacial score (nSPS) is 21.9. The lowest BCUT2D eigenvalue weighted by Crippen LogP contribution is -2.29. The van der Waals surface area contributed by atoms with Gasteiger partial charge in [0.2, 0.25) is 5.95 Å². The standard InChI is InChI=1S/C14H22N4O2/c19-13(15-7-5-11-4-1-2-9-20-11)12-10-18-8-3-6-16-14(18)17-12/h10-11H,1-9H2,(H,15,19)(H,16,17). The van der Waals surface area contributed by atoms with E-state index in [9.17, 15) is 4.79 Å². The Morgan fingerprint density at radius 1 is 1.50 bits per heavy atom. The maximum atomic E-state index is 12.0. The van der Waals surface area contributed by atoms with Gasteiger partial charge in [0.25, 0.3) is 5.91 Å². The van der Waals surface area contributed by atoms with Gasteiger partial charge < -0.3 is 19.9 Å². The van der Waals surface area contributed by atoms with Crippen LogP contribution in [0.1, 0.15) is 42.6 Å². The molecule has 0 radical (unpaired) electrons. The maximum Gasteiger partial charge on any atom is 0.271 e. The Morgan fingerprint density at radius 2 is 2.45 bits per heavy atom. The zero-order chi connectivity index (χ0) is 13.8. The van der Waals surface area contributed by atoms with E-state index < -0.39 is 0 Å². The highest BCUT2D eigenvalue weighted by molar-refractivity contribution is 5.92. The fourth-order valence-corrected chi connectivity index (χ4v) is 2.76. The van der Waals surface area contributed by atoms with E-state index >= 15 is 0 Å². The molecular weight excluding hydrogens is 256 g/mol. The Kier molecular flexibility index (Phi) is 4.20. The first kappa shape index (κ1) is 13.4. The lowest BCUT2D eigenvalue weighted by molar-refractivity contribution is 0.0117. The molecule has 1 aromatic rings. The number of nitrogens with one attached hydrogen (secondary N) is 2. The zero-order valence-corrected chi connectivity index (χ0v) is 11.7. The van der Waals surface area contributed by atoms with E-state index in [1.165, 1.54) is 6.42 Å². The number of rotatable bonds is 4. The van der Waals surface area contributed by atoms with Crippen molar-refractivity contribution in [3.05, 3.63) is 11.9 Å². The summed E-state index contributed by atoms with van der Waals surface area (Å²) in [6, 6.07) is 0. The topological polar surface area (TPSA) is 68.2 Å².